The number of hydrogen-bond acceptors (Lipinski definition) is 3. The molecule has 0 bridgehead atoms. The first-order chi connectivity index (χ1) is 8.57. The van der Waals surface area contributed by atoms with E-state index in [1.54, 1.807) is 0 Å². The smallest absolute Gasteiger partial charge is 0.295 e. The van der Waals surface area contributed by atoms with E-state index < -0.39 is 16.6 Å². The number of carbonyl (C=O) groups is 1. The highest BCUT2D eigenvalue weighted by Crippen LogP contribution is 2.31. The molecule has 1 aliphatic rings. The summed E-state index contributed by atoms with van der Waals surface area (Å²) in [5, 5.41) is 0. The van der Waals surface area contributed by atoms with Crippen LogP contribution in [0.1, 0.15) is 25.7 Å². The van der Waals surface area contributed by atoms with Gasteiger partial charge in [-0.05, 0) is 70.9 Å². The summed E-state index contributed by atoms with van der Waals surface area (Å²) in [6.45, 7) is 13.8. The normalized spacial score (nSPS) is 25.2. The van der Waals surface area contributed by atoms with E-state index in [9.17, 15) is 4.79 Å². The van der Waals surface area contributed by atoms with E-state index in [0.717, 1.165) is 32.3 Å². The lowest BCUT2D eigenvalue weighted by Crippen LogP contribution is -2.35. The molecule has 0 saturated heterocycles. The van der Waals surface area contributed by atoms with Gasteiger partial charge >= 0.3 is 0 Å². The van der Waals surface area contributed by atoms with Gasteiger partial charge < -0.3 is 8.85 Å². The highest BCUT2D eigenvalue weighted by molar-refractivity contribution is 6.71. The van der Waals surface area contributed by atoms with Crippen LogP contribution in [0.2, 0.25) is 39.3 Å². The molecular weight excluding hydrogens is 272 g/mol. The van der Waals surface area contributed by atoms with Crippen molar-refractivity contribution in [3.8, 4) is 0 Å². The zero-order chi connectivity index (χ0) is 14.7. The van der Waals surface area contributed by atoms with Crippen LogP contribution < -0.4 is 0 Å². The highest BCUT2D eigenvalue weighted by atomic mass is 28.4. The summed E-state index contributed by atoms with van der Waals surface area (Å²) in [5.41, 5.74) is 0. The third-order valence-corrected chi connectivity index (χ3v) is 5.19. The Morgan fingerprint density at radius 3 is 1.89 bits per heavy atom. The summed E-state index contributed by atoms with van der Waals surface area (Å²) in [4.78, 5) is 12.0. The third-order valence-electron chi connectivity index (χ3n) is 3.34. The van der Waals surface area contributed by atoms with Crippen molar-refractivity contribution in [2.75, 3.05) is 6.61 Å². The number of rotatable bonds is 5. The molecule has 0 atom stereocenters. The standard InChI is InChI=1S/C14H30O3Si2/c1-18(2,3)16-11-12-7-9-13(10-8-12)14(15)17-19(4,5)6/h12-13H,7-11H2,1-6H3. The second-order valence-corrected chi connectivity index (χ2v) is 16.6. The van der Waals surface area contributed by atoms with Gasteiger partial charge in [0.05, 0.1) is 5.92 Å². The number of carbonyl (C=O) groups excluding carboxylic acids is 1. The first-order valence-corrected chi connectivity index (χ1v) is 14.3. The van der Waals surface area contributed by atoms with Crippen molar-refractivity contribution < 1.29 is 13.6 Å². The second kappa shape index (κ2) is 6.54. The van der Waals surface area contributed by atoms with E-state index >= 15 is 0 Å². The van der Waals surface area contributed by atoms with E-state index in [2.05, 4.69) is 39.3 Å². The minimum absolute atomic E-state index is 0.0451. The largest absolute Gasteiger partial charge is 0.520 e. The van der Waals surface area contributed by atoms with Gasteiger partial charge in [-0.2, -0.15) is 0 Å². The van der Waals surface area contributed by atoms with Gasteiger partial charge in [0.15, 0.2) is 8.32 Å². The molecule has 0 amide bonds. The van der Waals surface area contributed by atoms with Crippen LogP contribution in [0.15, 0.2) is 0 Å². The molecule has 0 N–H and O–H groups in total. The molecule has 0 radical (unpaired) electrons. The Balaban J connectivity index is 2.31. The van der Waals surface area contributed by atoms with Crippen molar-refractivity contribution in [3.63, 3.8) is 0 Å². The molecule has 0 aromatic heterocycles. The Kier molecular flexibility index (Phi) is 5.83. The molecule has 1 saturated carbocycles. The van der Waals surface area contributed by atoms with Crippen LogP contribution in [0.5, 0.6) is 0 Å². The first kappa shape index (κ1) is 16.9. The summed E-state index contributed by atoms with van der Waals surface area (Å²) in [7, 11) is -3.13. The zero-order valence-electron chi connectivity index (χ0n) is 13.4. The average molecular weight is 303 g/mol. The maximum Gasteiger partial charge on any atom is 0.295 e. The van der Waals surface area contributed by atoms with Crippen molar-refractivity contribution >= 4 is 22.6 Å². The molecule has 19 heavy (non-hydrogen) atoms. The fourth-order valence-electron chi connectivity index (χ4n) is 2.32. The Morgan fingerprint density at radius 1 is 0.947 bits per heavy atom. The first-order valence-electron chi connectivity index (χ1n) is 7.44. The minimum atomic E-state index is -1.73. The van der Waals surface area contributed by atoms with Crippen LogP contribution in [0.4, 0.5) is 0 Å². The third kappa shape index (κ3) is 7.27. The SMILES string of the molecule is C[Si](C)(C)OCC1CCC(C(=O)O[Si](C)(C)C)CC1. The van der Waals surface area contributed by atoms with E-state index in [1.165, 1.54) is 0 Å². The van der Waals surface area contributed by atoms with Crippen molar-refractivity contribution in [1.29, 1.82) is 0 Å². The van der Waals surface area contributed by atoms with Crippen molar-refractivity contribution in [2.24, 2.45) is 11.8 Å². The van der Waals surface area contributed by atoms with Crippen molar-refractivity contribution in [1.82, 2.24) is 0 Å². The van der Waals surface area contributed by atoms with Gasteiger partial charge in [0.1, 0.15) is 0 Å². The molecule has 0 heterocycles. The summed E-state index contributed by atoms with van der Waals surface area (Å²) in [6, 6.07) is 0. The Hall–Kier alpha value is -0.136. The van der Waals surface area contributed by atoms with E-state index in [4.69, 9.17) is 8.85 Å². The van der Waals surface area contributed by atoms with Gasteiger partial charge in [0, 0.05) is 6.61 Å². The lowest BCUT2D eigenvalue weighted by atomic mass is 9.82. The molecule has 1 fully saturated rings. The van der Waals surface area contributed by atoms with Crippen LogP contribution in [0.25, 0.3) is 0 Å². The molecular formula is C14H30O3Si2. The quantitative estimate of drug-likeness (QED) is 0.719. The molecule has 0 aromatic carbocycles. The van der Waals surface area contributed by atoms with Gasteiger partial charge in [-0.15, -0.1) is 0 Å². The Labute approximate surface area is 120 Å². The molecule has 1 rings (SSSR count). The fraction of sp³-hybridized carbons (Fsp3) is 0.929. The molecule has 0 spiro atoms. The molecule has 0 aromatic rings. The molecule has 5 heteroatoms. The summed E-state index contributed by atoms with van der Waals surface area (Å²) in [5.74, 6) is 0.821. The van der Waals surface area contributed by atoms with Crippen molar-refractivity contribution in [3.05, 3.63) is 0 Å². The zero-order valence-corrected chi connectivity index (χ0v) is 15.4. The van der Waals surface area contributed by atoms with E-state index in [-0.39, 0.29) is 11.9 Å². The van der Waals surface area contributed by atoms with Crippen LogP contribution >= 0.6 is 0 Å². The maximum absolute atomic E-state index is 12.0. The monoisotopic (exact) mass is 302 g/mol. The van der Waals surface area contributed by atoms with Gasteiger partial charge in [-0.25, -0.2) is 0 Å². The Bertz CT molecular complexity index is 297. The average Bonchev–Trinajstić information content (AvgIpc) is 2.23. The number of hydrogen-bond donors (Lipinski definition) is 0. The summed E-state index contributed by atoms with van der Waals surface area (Å²) < 4.78 is 11.6. The fourth-order valence-corrected chi connectivity index (χ4v) is 3.82. The lowest BCUT2D eigenvalue weighted by molar-refractivity contribution is -0.141. The van der Waals surface area contributed by atoms with Gasteiger partial charge in [-0.1, -0.05) is 0 Å². The van der Waals surface area contributed by atoms with Gasteiger partial charge in [0.25, 0.3) is 5.97 Å². The molecule has 112 valence electrons. The second-order valence-electron chi connectivity index (χ2n) is 7.67. The van der Waals surface area contributed by atoms with E-state index in [1.807, 2.05) is 0 Å². The highest BCUT2D eigenvalue weighted by Gasteiger charge is 2.31. The predicted molar refractivity (Wildman–Crippen MR) is 84.2 cm³/mol. The summed E-state index contributed by atoms with van der Waals surface area (Å²) >= 11 is 0. The molecule has 0 aliphatic heterocycles. The maximum atomic E-state index is 12.0. The van der Waals surface area contributed by atoms with Gasteiger partial charge in [0.2, 0.25) is 8.32 Å². The van der Waals surface area contributed by atoms with Crippen molar-refractivity contribution in [2.45, 2.75) is 65.0 Å². The molecule has 3 nitrogen and oxygen atoms in total. The lowest BCUT2D eigenvalue weighted by Gasteiger charge is -2.31. The van der Waals surface area contributed by atoms with Crippen LogP contribution in [0, 0.1) is 11.8 Å². The Morgan fingerprint density at radius 2 is 1.47 bits per heavy atom. The minimum Gasteiger partial charge on any atom is -0.520 e. The molecule has 0 unspecified atom stereocenters. The van der Waals surface area contributed by atoms with E-state index in [0.29, 0.717) is 5.92 Å². The van der Waals surface area contributed by atoms with Crippen LogP contribution in [-0.2, 0) is 13.6 Å². The topological polar surface area (TPSA) is 35.5 Å². The van der Waals surface area contributed by atoms with Gasteiger partial charge in [-0.3, -0.25) is 4.79 Å². The van der Waals surface area contributed by atoms with Crippen LogP contribution in [-0.4, -0.2) is 29.2 Å². The van der Waals surface area contributed by atoms with Crippen LogP contribution in [0.3, 0.4) is 0 Å². The molecule has 1 aliphatic carbocycles. The summed E-state index contributed by atoms with van der Waals surface area (Å²) in [6.07, 6.45) is 4.16. The predicted octanol–water partition coefficient (Wildman–Crippen LogP) is 4.02.